The van der Waals surface area contributed by atoms with Crippen molar-refractivity contribution in [1.82, 2.24) is 10.6 Å². The molecule has 0 aromatic heterocycles. The van der Waals surface area contributed by atoms with Gasteiger partial charge in [0.1, 0.15) is 0 Å². The van der Waals surface area contributed by atoms with Crippen LogP contribution in [-0.4, -0.2) is 50.3 Å². The Morgan fingerprint density at radius 3 is 1.85 bits per heavy atom. The van der Waals surface area contributed by atoms with Crippen molar-refractivity contribution in [3.63, 3.8) is 0 Å². The number of rotatable bonds is 17. The Morgan fingerprint density at radius 1 is 0.848 bits per heavy atom. The number of amides is 2. The van der Waals surface area contributed by atoms with Crippen LogP contribution in [-0.2, 0) is 19.1 Å². The molecule has 0 bridgehead atoms. The molecule has 0 heterocycles. The van der Waals surface area contributed by atoms with Gasteiger partial charge in [-0.3, -0.25) is 9.59 Å². The minimum absolute atomic E-state index is 0.0465. The fourth-order valence-corrected chi connectivity index (χ4v) is 2.91. The topological polar surface area (TPSA) is 76.7 Å². The predicted molar refractivity (Wildman–Crippen MR) is 137 cm³/mol. The predicted octanol–water partition coefficient (Wildman–Crippen LogP) is 5.35. The van der Waals surface area contributed by atoms with Gasteiger partial charge in [-0.25, -0.2) is 0 Å². The zero-order chi connectivity index (χ0) is 25.9. The SMILES string of the molecule is CCC(C)(C)C(=O)NCC(C)(C)COCC(C)(C)CNC(=O)CCC(C)(C)OCCC(C)C. The van der Waals surface area contributed by atoms with E-state index in [1.54, 1.807) is 0 Å². The van der Waals surface area contributed by atoms with Crippen molar-refractivity contribution in [3.8, 4) is 0 Å². The molecule has 0 rings (SSSR count). The fourth-order valence-electron chi connectivity index (χ4n) is 2.91. The van der Waals surface area contributed by atoms with E-state index in [1.165, 1.54) is 0 Å². The molecule has 0 aromatic carbocycles. The first-order valence-electron chi connectivity index (χ1n) is 12.7. The van der Waals surface area contributed by atoms with Crippen molar-refractivity contribution in [2.24, 2.45) is 22.2 Å². The first-order chi connectivity index (χ1) is 14.9. The molecule has 0 spiro atoms. The summed E-state index contributed by atoms with van der Waals surface area (Å²) in [5.74, 6) is 0.742. The van der Waals surface area contributed by atoms with Gasteiger partial charge in [0.2, 0.25) is 11.8 Å². The lowest BCUT2D eigenvalue weighted by Crippen LogP contribution is -2.43. The van der Waals surface area contributed by atoms with Crippen LogP contribution in [0.1, 0.15) is 102 Å². The molecule has 0 saturated carbocycles. The average molecular weight is 471 g/mol. The summed E-state index contributed by atoms with van der Waals surface area (Å²) in [6, 6.07) is 0. The third-order valence-electron chi connectivity index (χ3n) is 6.12. The summed E-state index contributed by atoms with van der Waals surface area (Å²) in [7, 11) is 0. The van der Waals surface area contributed by atoms with Crippen LogP contribution in [0.4, 0.5) is 0 Å². The van der Waals surface area contributed by atoms with Gasteiger partial charge >= 0.3 is 0 Å². The van der Waals surface area contributed by atoms with Crippen molar-refractivity contribution in [2.45, 2.75) is 107 Å². The number of hydrogen-bond acceptors (Lipinski definition) is 4. The maximum Gasteiger partial charge on any atom is 0.225 e. The quantitative estimate of drug-likeness (QED) is 0.301. The van der Waals surface area contributed by atoms with Crippen LogP contribution < -0.4 is 10.6 Å². The summed E-state index contributed by atoms with van der Waals surface area (Å²) >= 11 is 0. The van der Waals surface area contributed by atoms with E-state index in [0.717, 1.165) is 19.4 Å². The summed E-state index contributed by atoms with van der Waals surface area (Å²) in [5, 5.41) is 6.11. The summed E-state index contributed by atoms with van der Waals surface area (Å²) in [5.41, 5.74) is -0.993. The number of nitrogens with one attached hydrogen (secondary N) is 2. The van der Waals surface area contributed by atoms with E-state index < -0.39 is 0 Å². The van der Waals surface area contributed by atoms with Crippen LogP contribution in [0.2, 0.25) is 0 Å². The van der Waals surface area contributed by atoms with E-state index in [-0.39, 0.29) is 33.7 Å². The maximum absolute atomic E-state index is 12.4. The Bertz CT molecular complexity index is 595. The lowest BCUT2D eigenvalue weighted by atomic mass is 9.88. The molecular formula is C27H54N2O4. The lowest BCUT2D eigenvalue weighted by Gasteiger charge is -2.31. The van der Waals surface area contributed by atoms with Gasteiger partial charge in [0, 0.05) is 42.4 Å². The Balaban J connectivity index is 4.29. The second-order valence-corrected chi connectivity index (χ2v) is 12.8. The van der Waals surface area contributed by atoms with Crippen LogP contribution in [0.5, 0.6) is 0 Å². The normalized spacial score (nSPS) is 13.3. The third-order valence-corrected chi connectivity index (χ3v) is 6.12. The van der Waals surface area contributed by atoms with Gasteiger partial charge in [-0.15, -0.1) is 0 Å². The van der Waals surface area contributed by atoms with Crippen molar-refractivity contribution in [1.29, 1.82) is 0 Å². The highest BCUT2D eigenvalue weighted by molar-refractivity contribution is 5.81. The Hall–Kier alpha value is -1.14. The van der Waals surface area contributed by atoms with Crippen LogP contribution >= 0.6 is 0 Å². The molecule has 0 radical (unpaired) electrons. The molecule has 196 valence electrons. The molecule has 2 N–H and O–H groups in total. The zero-order valence-electron chi connectivity index (χ0n) is 23.6. The zero-order valence-corrected chi connectivity index (χ0v) is 23.6. The molecule has 0 unspecified atom stereocenters. The first-order valence-corrected chi connectivity index (χ1v) is 12.7. The van der Waals surface area contributed by atoms with Crippen LogP contribution in [0.25, 0.3) is 0 Å². The molecule has 0 aliphatic heterocycles. The molecule has 0 saturated heterocycles. The Kier molecular flexibility index (Phi) is 13.2. The summed E-state index contributed by atoms with van der Waals surface area (Å²) in [4.78, 5) is 24.7. The molecule has 0 aliphatic carbocycles. The van der Waals surface area contributed by atoms with Gasteiger partial charge in [0.25, 0.3) is 0 Å². The van der Waals surface area contributed by atoms with Gasteiger partial charge in [-0.05, 0) is 39.0 Å². The molecule has 6 heteroatoms. The maximum atomic E-state index is 12.4. The van der Waals surface area contributed by atoms with E-state index >= 15 is 0 Å². The standard InChI is InChI=1S/C27H54N2O4/c1-12-26(8,9)23(31)29-18-25(6,7)20-32-19-24(4,5)17-28-22(30)13-15-27(10,11)33-16-14-21(2)3/h21H,12-20H2,1-11H3,(H,28,30)(H,29,31). The largest absolute Gasteiger partial charge is 0.380 e. The molecule has 33 heavy (non-hydrogen) atoms. The second kappa shape index (κ2) is 13.7. The molecule has 0 fully saturated rings. The van der Waals surface area contributed by atoms with Gasteiger partial charge in [-0.2, -0.15) is 0 Å². The minimum atomic E-state index is -0.355. The first kappa shape index (κ1) is 31.9. The second-order valence-electron chi connectivity index (χ2n) is 12.8. The van der Waals surface area contributed by atoms with E-state index in [9.17, 15) is 9.59 Å². The molecule has 2 amide bonds. The van der Waals surface area contributed by atoms with Gasteiger partial charge in [0.15, 0.2) is 0 Å². The Labute approximate surface area is 204 Å². The number of carbonyl (C=O) groups excluding carboxylic acids is 2. The number of carbonyl (C=O) groups is 2. The van der Waals surface area contributed by atoms with Crippen molar-refractivity contribution in [3.05, 3.63) is 0 Å². The van der Waals surface area contributed by atoms with Crippen molar-refractivity contribution >= 4 is 11.8 Å². The molecule has 0 aliphatic rings. The monoisotopic (exact) mass is 470 g/mol. The number of ether oxygens (including phenoxy) is 2. The minimum Gasteiger partial charge on any atom is -0.380 e. The molecule has 0 aromatic rings. The van der Waals surface area contributed by atoms with E-state index in [0.29, 0.717) is 45.1 Å². The number of hydrogen-bond donors (Lipinski definition) is 2. The summed E-state index contributed by atoms with van der Waals surface area (Å²) in [6.45, 7) is 25.7. The van der Waals surface area contributed by atoms with Crippen LogP contribution in [0.15, 0.2) is 0 Å². The average Bonchev–Trinajstić information content (AvgIpc) is 2.68. The smallest absolute Gasteiger partial charge is 0.225 e. The molecule has 6 nitrogen and oxygen atoms in total. The van der Waals surface area contributed by atoms with Crippen LogP contribution in [0, 0.1) is 22.2 Å². The van der Waals surface area contributed by atoms with E-state index in [2.05, 4.69) is 52.2 Å². The summed E-state index contributed by atoms with van der Waals surface area (Å²) < 4.78 is 11.9. The Morgan fingerprint density at radius 2 is 1.36 bits per heavy atom. The lowest BCUT2D eigenvalue weighted by molar-refractivity contribution is -0.130. The summed E-state index contributed by atoms with van der Waals surface area (Å²) in [6.07, 6.45) is 2.98. The van der Waals surface area contributed by atoms with Crippen LogP contribution in [0.3, 0.4) is 0 Å². The van der Waals surface area contributed by atoms with Gasteiger partial charge in [-0.1, -0.05) is 62.3 Å². The highest BCUT2D eigenvalue weighted by Crippen LogP contribution is 2.22. The highest BCUT2D eigenvalue weighted by atomic mass is 16.5. The van der Waals surface area contributed by atoms with E-state index in [4.69, 9.17) is 9.47 Å². The van der Waals surface area contributed by atoms with Crippen molar-refractivity contribution < 1.29 is 19.1 Å². The third kappa shape index (κ3) is 15.4. The van der Waals surface area contributed by atoms with Gasteiger partial charge < -0.3 is 20.1 Å². The molecular weight excluding hydrogens is 416 g/mol. The van der Waals surface area contributed by atoms with Crippen molar-refractivity contribution in [2.75, 3.05) is 32.9 Å². The fraction of sp³-hybridized carbons (Fsp3) is 0.926. The molecule has 0 atom stereocenters. The van der Waals surface area contributed by atoms with Gasteiger partial charge in [0.05, 0.1) is 18.8 Å². The highest BCUT2D eigenvalue weighted by Gasteiger charge is 2.28. The van der Waals surface area contributed by atoms with E-state index in [1.807, 2.05) is 34.6 Å².